The number of carbonyl (C=O) groups excluding carboxylic acids is 1. The predicted octanol–water partition coefficient (Wildman–Crippen LogP) is 5.57. The van der Waals surface area contributed by atoms with Gasteiger partial charge < -0.3 is 11.1 Å². The summed E-state index contributed by atoms with van der Waals surface area (Å²) >= 11 is 13.5. The van der Waals surface area contributed by atoms with Gasteiger partial charge in [-0.05, 0) is 78.1 Å². The molecule has 20 heavy (non-hydrogen) atoms. The maximum Gasteiger partial charge on any atom is 0.256 e. The van der Waals surface area contributed by atoms with E-state index >= 15 is 0 Å². The standard InChI is InChI=1S/C13H8Br4N2O/c14-6-1-2-8(9(15)3-6)13(20)19-12-10(16)4-7(18)5-11(12)17/h1-5H,18H2,(H,19,20). The van der Waals surface area contributed by atoms with Crippen LogP contribution in [0, 0.1) is 0 Å². The Morgan fingerprint density at radius 2 is 1.55 bits per heavy atom. The summed E-state index contributed by atoms with van der Waals surface area (Å²) < 4.78 is 3.04. The van der Waals surface area contributed by atoms with Crippen molar-refractivity contribution in [1.82, 2.24) is 0 Å². The summed E-state index contributed by atoms with van der Waals surface area (Å²) in [5.41, 5.74) is 7.51. The van der Waals surface area contributed by atoms with Crippen LogP contribution in [0.15, 0.2) is 48.2 Å². The molecule has 0 spiro atoms. The lowest BCUT2D eigenvalue weighted by atomic mass is 10.2. The molecule has 2 rings (SSSR count). The highest BCUT2D eigenvalue weighted by Gasteiger charge is 2.14. The third-order valence-corrected chi connectivity index (χ3v) is 4.88. The molecule has 0 atom stereocenters. The van der Waals surface area contributed by atoms with Crippen molar-refractivity contribution < 1.29 is 4.79 Å². The minimum absolute atomic E-state index is 0.212. The topological polar surface area (TPSA) is 55.1 Å². The molecule has 0 saturated carbocycles. The fourth-order valence-electron chi connectivity index (χ4n) is 1.57. The van der Waals surface area contributed by atoms with E-state index < -0.39 is 0 Å². The fraction of sp³-hybridized carbons (Fsp3) is 0. The van der Waals surface area contributed by atoms with Crippen LogP contribution in [-0.2, 0) is 0 Å². The number of benzene rings is 2. The van der Waals surface area contributed by atoms with Gasteiger partial charge in [0.25, 0.3) is 5.91 Å². The number of carbonyl (C=O) groups is 1. The molecule has 1 amide bonds. The summed E-state index contributed by atoms with van der Waals surface area (Å²) in [6.07, 6.45) is 0. The van der Waals surface area contributed by atoms with Crippen molar-refractivity contribution in [2.45, 2.75) is 0 Å². The summed E-state index contributed by atoms with van der Waals surface area (Å²) in [5.74, 6) is -0.212. The SMILES string of the molecule is Nc1cc(Br)c(NC(=O)c2ccc(Br)cc2Br)c(Br)c1. The third-order valence-electron chi connectivity index (χ3n) is 2.48. The van der Waals surface area contributed by atoms with Crippen molar-refractivity contribution in [1.29, 1.82) is 0 Å². The van der Waals surface area contributed by atoms with Gasteiger partial charge in [0.15, 0.2) is 0 Å². The normalized spacial score (nSPS) is 10.4. The van der Waals surface area contributed by atoms with E-state index in [1.807, 2.05) is 12.1 Å². The molecule has 0 unspecified atom stereocenters. The van der Waals surface area contributed by atoms with Crippen molar-refractivity contribution >= 4 is 81.0 Å². The zero-order chi connectivity index (χ0) is 14.9. The number of nitrogens with two attached hydrogens (primary N) is 1. The maximum absolute atomic E-state index is 12.3. The average molecular weight is 528 g/mol. The van der Waals surface area contributed by atoms with Crippen molar-refractivity contribution in [3.05, 3.63) is 53.8 Å². The summed E-state index contributed by atoms with van der Waals surface area (Å²) in [7, 11) is 0. The maximum atomic E-state index is 12.3. The van der Waals surface area contributed by atoms with Crippen LogP contribution in [-0.4, -0.2) is 5.91 Å². The molecule has 0 aliphatic heterocycles. The number of anilines is 2. The van der Waals surface area contributed by atoms with E-state index in [4.69, 9.17) is 5.73 Å². The van der Waals surface area contributed by atoms with Gasteiger partial charge in [-0.2, -0.15) is 0 Å². The minimum Gasteiger partial charge on any atom is -0.399 e. The van der Waals surface area contributed by atoms with Gasteiger partial charge in [0.2, 0.25) is 0 Å². The van der Waals surface area contributed by atoms with Gasteiger partial charge in [0, 0.05) is 23.6 Å². The average Bonchev–Trinajstić information content (AvgIpc) is 2.33. The van der Waals surface area contributed by atoms with Gasteiger partial charge in [-0.3, -0.25) is 4.79 Å². The lowest BCUT2D eigenvalue weighted by molar-refractivity contribution is 0.102. The van der Waals surface area contributed by atoms with Crippen LogP contribution >= 0.6 is 63.7 Å². The largest absolute Gasteiger partial charge is 0.399 e. The second kappa shape index (κ2) is 6.60. The first-order valence-corrected chi connectivity index (χ1v) is 8.56. The van der Waals surface area contributed by atoms with Gasteiger partial charge in [-0.15, -0.1) is 0 Å². The molecule has 0 aromatic heterocycles. The predicted molar refractivity (Wildman–Crippen MR) is 96.0 cm³/mol. The number of hydrogen-bond donors (Lipinski definition) is 2. The van der Waals surface area contributed by atoms with Gasteiger partial charge in [-0.25, -0.2) is 0 Å². The molecule has 0 bridgehead atoms. The van der Waals surface area contributed by atoms with E-state index in [0.717, 1.165) is 4.47 Å². The Hall–Kier alpha value is -0.370. The second-order valence-corrected chi connectivity index (χ2v) is 7.42. The molecule has 104 valence electrons. The van der Waals surface area contributed by atoms with E-state index in [1.54, 1.807) is 18.2 Å². The highest BCUT2D eigenvalue weighted by molar-refractivity contribution is 9.11. The Morgan fingerprint density at radius 3 is 2.10 bits per heavy atom. The minimum atomic E-state index is -0.212. The number of hydrogen-bond acceptors (Lipinski definition) is 2. The number of nitrogen functional groups attached to an aromatic ring is 1. The molecule has 0 aliphatic carbocycles. The van der Waals surface area contributed by atoms with E-state index in [0.29, 0.717) is 30.4 Å². The first kappa shape index (κ1) is 16.0. The van der Waals surface area contributed by atoms with Crippen LogP contribution in [0.25, 0.3) is 0 Å². The molecule has 0 saturated heterocycles. The van der Waals surface area contributed by atoms with Crippen molar-refractivity contribution in [2.75, 3.05) is 11.1 Å². The highest BCUT2D eigenvalue weighted by Crippen LogP contribution is 2.34. The van der Waals surface area contributed by atoms with Crippen LogP contribution < -0.4 is 11.1 Å². The summed E-state index contributed by atoms with van der Waals surface area (Å²) in [5, 5.41) is 2.85. The van der Waals surface area contributed by atoms with E-state index in [9.17, 15) is 4.79 Å². The number of halogens is 4. The Balaban J connectivity index is 2.33. The quantitative estimate of drug-likeness (QED) is 0.502. The Labute approximate surface area is 149 Å². The summed E-state index contributed by atoms with van der Waals surface area (Å²) in [6.45, 7) is 0. The molecule has 0 radical (unpaired) electrons. The smallest absolute Gasteiger partial charge is 0.256 e. The zero-order valence-corrected chi connectivity index (χ0v) is 16.2. The summed E-state index contributed by atoms with van der Waals surface area (Å²) in [6, 6.07) is 8.84. The molecular weight excluding hydrogens is 520 g/mol. The number of rotatable bonds is 2. The zero-order valence-electron chi connectivity index (χ0n) is 9.88. The molecule has 3 nitrogen and oxygen atoms in total. The Kier molecular flexibility index (Phi) is 5.28. The summed E-state index contributed by atoms with van der Waals surface area (Å²) in [4.78, 5) is 12.3. The molecule has 0 aliphatic rings. The van der Waals surface area contributed by atoms with E-state index in [2.05, 4.69) is 69.0 Å². The van der Waals surface area contributed by atoms with E-state index in [1.165, 1.54) is 0 Å². The molecule has 3 N–H and O–H groups in total. The number of nitrogens with one attached hydrogen (secondary N) is 1. The fourth-order valence-corrected chi connectivity index (χ4v) is 4.21. The molecular formula is C13H8Br4N2O. The van der Waals surface area contributed by atoms with Crippen LogP contribution in [0.4, 0.5) is 11.4 Å². The van der Waals surface area contributed by atoms with Crippen LogP contribution in [0.2, 0.25) is 0 Å². The lowest BCUT2D eigenvalue weighted by Gasteiger charge is -2.11. The van der Waals surface area contributed by atoms with Crippen molar-refractivity contribution in [2.24, 2.45) is 0 Å². The first-order chi connectivity index (χ1) is 9.38. The molecule has 2 aromatic rings. The molecule has 0 heterocycles. The monoisotopic (exact) mass is 524 g/mol. The molecule has 7 heteroatoms. The van der Waals surface area contributed by atoms with Gasteiger partial charge >= 0.3 is 0 Å². The van der Waals surface area contributed by atoms with Gasteiger partial charge in [-0.1, -0.05) is 15.9 Å². The Morgan fingerprint density at radius 1 is 0.950 bits per heavy atom. The molecule has 2 aromatic carbocycles. The Bertz CT molecular complexity index is 665. The highest BCUT2D eigenvalue weighted by atomic mass is 79.9. The van der Waals surface area contributed by atoms with Crippen LogP contribution in [0.1, 0.15) is 10.4 Å². The first-order valence-electron chi connectivity index (χ1n) is 5.39. The van der Waals surface area contributed by atoms with Crippen LogP contribution in [0.5, 0.6) is 0 Å². The van der Waals surface area contributed by atoms with Crippen molar-refractivity contribution in [3.8, 4) is 0 Å². The molecule has 0 fully saturated rings. The van der Waals surface area contributed by atoms with E-state index in [-0.39, 0.29) is 5.91 Å². The number of amides is 1. The third kappa shape index (κ3) is 3.63. The van der Waals surface area contributed by atoms with Gasteiger partial charge in [0.1, 0.15) is 0 Å². The lowest BCUT2D eigenvalue weighted by Crippen LogP contribution is -2.13. The van der Waals surface area contributed by atoms with Crippen molar-refractivity contribution in [3.63, 3.8) is 0 Å². The van der Waals surface area contributed by atoms with Gasteiger partial charge in [0.05, 0.1) is 11.3 Å². The second-order valence-electron chi connectivity index (χ2n) is 3.94. The van der Waals surface area contributed by atoms with Crippen LogP contribution in [0.3, 0.4) is 0 Å².